The van der Waals surface area contributed by atoms with E-state index >= 15 is 0 Å². The van der Waals surface area contributed by atoms with Gasteiger partial charge in [-0.15, -0.1) is 0 Å². The summed E-state index contributed by atoms with van der Waals surface area (Å²) in [5, 5.41) is 0. The van der Waals surface area contributed by atoms with Crippen molar-refractivity contribution < 1.29 is 0 Å². The van der Waals surface area contributed by atoms with Gasteiger partial charge >= 0.3 is 0 Å². The standard InChI is InChI=1S/C24H27N5O/c1-4-27-9-7-18(8-10-27)19-5-6-22-26-21(12-23(30)29(22)15-19)20-11-16(2)24-25-17(3)13-28(24)14-20/h5-6,11-15,18H,4,7-10H2,1-3H3. The minimum absolute atomic E-state index is 0.0394. The molecule has 0 unspecified atom stereocenters. The summed E-state index contributed by atoms with van der Waals surface area (Å²) in [5.74, 6) is 0.512. The Labute approximate surface area is 175 Å². The van der Waals surface area contributed by atoms with Gasteiger partial charge in [-0.05, 0) is 75.5 Å². The molecule has 6 nitrogen and oxygen atoms in total. The molecule has 4 aromatic rings. The molecule has 30 heavy (non-hydrogen) atoms. The predicted molar refractivity (Wildman–Crippen MR) is 119 cm³/mol. The highest BCUT2D eigenvalue weighted by molar-refractivity contribution is 5.65. The van der Waals surface area contributed by atoms with Gasteiger partial charge in [-0.25, -0.2) is 9.97 Å². The van der Waals surface area contributed by atoms with Crippen LogP contribution in [0.3, 0.4) is 0 Å². The number of hydrogen-bond acceptors (Lipinski definition) is 4. The molecule has 0 bridgehead atoms. The summed E-state index contributed by atoms with van der Waals surface area (Å²) in [6, 6.07) is 7.82. The van der Waals surface area contributed by atoms with Crippen molar-refractivity contribution in [3.63, 3.8) is 0 Å². The zero-order valence-corrected chi connectivity index (χ0v) is 17.8. The molecule has 1 fully saturated rings. The number of piperidine rings is 1. The Balaban J connectivity index is 1.53. The summed E-state index contributed by atoms with van der Waals surface area (Å²) in [5.41, 5.74) is 6.48. The van der Waals surface area contributed by atoms with Gasteiger partial charge in [-0.2, -0.15) is 0 Å². The first-order valence-electron chi connectivity index (χ1n) is 10.7. The van der Waals surface area contributed by atoms with Crippen LogP contribution >= 0.6 is 0 Å². The van der Waals surface area contributed by atoms with Crippen molar-refractivity contribution >= 4 is 11.3 Å². The Bertz CT molecular complexity index is 1290. The van der Waals surface area contributed by atoms with Crippen molar-refractivity contribution in [2.24, 2.45) is 0 Å². The fourth-order valence-corrected chi connectivity index (χ4v) is 4.62. The molecule has 1 saturated heterocycles. The van der Waals surface area contributed by atoms with Crippen molar-refractivity contribution in [1.82, 2.24) is 23.7 Å². The van der Waals surface area contributed by atoms with Crippen LogP contribution in [0.15, 0.2) is 47.7 Å². The van der Waals surface area contributed by atoms with E-state index in [1.54, 1.807) is 10.5 Å². The average Bonchev–Trinajstić information content (AvgIpc) is 3.14. The van der Waals surface area contributed by atoms with Crippen LogP contribution in [0, 0.1) is 13.8 Å². The Morgan fingerprint density at radius 3 is 2.60 bits per heavy atom. The molecule has 154 valence electrons. The minimum atomic E-state index is -0.0394. The van der Waals surface area contributed by atoms with Gasteiger partial charge in [0.15, 0.2) is 0 Å². The van der Waals surface area contributed by atoms with E-state index in [9.17, 15) is 4.79 Å². The van der Waals surface area contributed by atoms with E-state index in [1.807, 2.05) is 42.9 Å². The normalized spacial score (nSPS) is 16.0. The van der Waals surface area contributed by atoms with Gasteiger partial charge in [0.05, 0.1) is 11.4 Å². The predicted octanol–water partition coefficient (Wildman–Crippen LogP) is 3.83. The highest BCUT2D eigenvalue weighted by atomic mass is 16.1. The highest BCUT2D eigenvalue weighted by Gasteiger charge is 2.20. The lowest BCUT2D eigenvalue weighted by atomic mass is 9.90. The smallest absolute Gasteiger partial charge is 0.258 e. The summed E-state index contributed by atoms with van der Waals surface area (Å²) in [6.45, 7) is 9.60. The Morgan fingerprint density at radius 1 is 1.03 bits per heavy atom. The molecule has 5 rings (SSSR count). The number of rotatable bonds is 3. The number of aryl methyl sites for hydroxylation is 2. The van der Waals surface area contributed by atoms with Crippen LogP contribution in [-0.2, 0) is 0 Å². The van der Waals surface area contributed by atoms with Gasteiger partial charge in [-0.3, -0.25) is 9.20 Å². The van der Waals surface area contributed by atoms with E-state index in [0.717, 1.165) is 54.9 Å². The fraction of sp³-hybridized carbons (Fsp3) is 0.375. The lowest BCUT2D eigenvalue weighted by Crippen LogP contribution is -2.32. The maximum absolute atomic E-state index is 13.0. The third-order valence-electron chi connectivity index (χ3n) is 6.34. The third-order valence-corrected chi connectivity index (χ3v) is 6.34. The monoisotopic (exact) mass is 401 g/mol. The second-order valence-electron chi connectivity index (χ2n) is 8.40. The lowest BCUT2D eigenvalue weighted by Gasteiger charge is -2.31. The number of fused-ring (bicyclic) bond motifs is 2. The second kappa shape index (κ2) is 7.36. The van der Waals surface area contributed by atoms with Gasteiger partial charge in [0.25, 0.3) is 5.56 Å². The van der Waals surface area contributed by atoms with E-state index < -0.39 is 0 Å². The average molecular weight is 402 g/mol. The number of aromatic nitrogens is 4. The maximum Gasteiger partial charge on any atom is 0.258 e. The van der Waals surface area contributed by atoms with E-state index in [1.165, 1.54) is 5.56 Å². The molecule has 0 aromatic carbocycles. The summed E-state index contributed by atoms with van der Waals surface area (Å²) in [6.07, 6.45) is 8.27. The number of pyridine rings is 2. The quantitative estimate of drug-likeness (QED) is 0.524. The van der Waals surface area contributed by atoms with Crippen LogP contribution < -0.4 is 5.56 Å². The van der Waals surface area contributed by atoms with E-state index in [2.05, 4.69) is 28.9 Å². The third kappa shape index (κ3) is 3.31. The summed E-state index contributed by atoms with van der Waals surface area (Å²) >= 11 is 0. The zero-order chi connectivity index (χ0) is 20.8. The Morgan fingerprint density at radius 2 is 1.83 bits per heavy atom. The molecule has 0 N–H and O–H groups in total. The molecule has 4 aromatic heterocycles. The van der Waals surface area contributed by atoms with Crippen LogP contribution in [0.4, 0.5) is 0 Å². The summed E-state index contributed by atoms with van der Waals surface area (Å²) in [7, 11) is 0. The number of nitrogens with zero attached hydrogens (tertiary/aromatic N) is 5. The van der Waals surface area contributed by atoms with Crippen LogP contribution in [0.1, 0.15) is 42.5 Å². The molecular formula is C24H27N5O. The van der Waals surface area contributed by atoms with E-state index in [4.69, 9.17) is 4.98 Å². The number of imidazole rings is 1. The highest BCUT2D eigenvalue weighted by Crippen LogP contribution is 2.28. The molecule has 1 aliphatic heterocycles. The molecule has 1 aliphatic rings. The Hall–Kier alpha value is -2.99. The first-order chi connectivity index (χ1) is 14.5. The SMILES string of the molecule is CCN1CCC(c2ccc3nc(-c4cc(C)c5nc(C)cn5c4)cc(=O)n3c2)CC1. The fourth-order valence-electron chi connectivity index (χ4n) is 4.62. The van der Waals surface area contributed by atoms with Crippen molar-refractivity contribution in [3.8, 4) is 11.3 Å². The topological polar surface area (TPSA) is 54.9 Å². The number of hydrogen-bond donors (Lipinski definition) is 0. The molecule has 5 heterocycles. The summed E-state index contributed by atoms with van der Waals surface area (Å²) in [4.78, 5) is 24.8. The molecule has 0 radical (unpaired) electrons. The van der Waals surface area contributed by atoms with Crippen LogP contribution in [0.25, 0.3) is 22.6 Å². The minimum Gasteiger partial charge on any atom is -0.306 e. The van der Waals surface area contributed by atoms with Gasteiger partial charge in [-0.1, -0.05) is 13.0 Å². The molecule has 6 heteroatoms. The van der Waals surface area contributed by atoms with E-state index in [0.29, 0.717) is 17.3 Å². The number of likely N-dealkylation sites (tertiary alicyclic amines) is 1. The van der Waals surface area contributed by atoms with Gasteiger partial charge in [0.1, 0.15) is 11.3 Å². The van der Waals surface area contributed by atoms with E-state index in [-0.39, 0.29) is 5.56 Å². The molecule has 0 saturated carbocycles. The maximum atomic E-state index is 13.0. The largest absolute Gasteiger partial charge is 0.306 e. The Kier molecular flexibility index (Phi) is 4.66. The van der Waals surface area contributed by atoms with Crippen molar-refractivity contribution in [2.75, 3.05) is 19.6 Å². The first-order valence-corrected chi connectivity index (χ1v) is 10.7. The molecule has 0 amide bonds. The van der Waals surface area contributed by atoms with Gasteiger partial charge in [0.2, 0.25) is 0 Å². The molecule has 0 atom stereocenters. The van der Waals surface area contributed by atoms with Crippen molar-refractivity contribution in [3.05, 3.63) is 70.0 Å². The molecule has 0 spiro atoms. The lowest BCUT2D eigenvalue weighted by molar-refractivity contribution is 0.222. The second-order valence-corrected chi connectivity index (χ2v) is 8.40. The summed E-state index contributed by atoms with van der Waals surface area (Å²) < 4.78 is 3.70. The van der Waals surface area contributed by atoms with Crippen LogP contribution in [-0.4, -0.2) is 43.3 Å². The van der Waals surface area contributed by atoms with Crippen LogP contribution in [0.5, 0.6) is 0 Å². The first kappa shape index (κ1) is 19.0. The molecular weight excluding hydrogens is 374 g/mol. The van der Waals surface area contributed by atoms with Crippen molar-refractivity contribution in [1.29, 1.82) is 0 Å². The van der Waals surface area contributed by atoms with Gasteiger partial charge < -0.3 is 9.30 Å². The van der Waals surface area contributed by atoms with Crippen molar-refractivity contribution in [2.45, 2.75) is 39.5 Å². The van der Waals surface area contributed by atoms with Crippen LogP contribution in [0.2, 0.25) is 0 Å². The zero-order valence-electron chi connectivity index (χ0n) is 17.8. The molecule has 0 aliphatic carbocycles. The van der Waals surface area contributed by atoms with Gasteiger partial charge in [0, 0.05) is 30.2 Å².